The van der Waals surface area contributed by atoms with Crippen LogP contribution in [0.1, 0.15) is 56.8 Å². The molecule has 0 amide bonds. The molecule has 1 atom stereocenters. The van der Waals surface area contributed by atoms with Gasteiger partial charge in [-0.25, -0.2) is 0 Å². The number of aromatic nitrogens is 2. The minimum atomic E-state index is -0.00834. The fourth-order valence-electron chi connectivity index (χ4n) is 3.67. The Kier molecular flexibility index (Phi) is 5.82. The molecule has 1 fully saturated rings. The summed E-state index contributed by atoms with van der Waals surface area (Å²) in [6.07, 6.45) is 8.39. The zero-order valence-corrected chi connectivity index (χ0v) is 14.1. The molecule has 2 rings (SSSR count). The van der Waals surface area contributed by atoms with Crippen LogP contribution < -0.4 is 5.32 Å². The average Bonchev–Trinajstić information content (AvgIpc) is 2.82. The Bertz CT molecular complexity index is 435. The van der Waals surface area contributed by atoms with Crippen molar-refractivity contribution < 1.29 is 4.74 Å². The van der Waals surface area contributed by atoms with E-state index in [-0.39, 0.29) is 5.60 Å². The van der Waals surface area contributed by atoms with Crippen molar-refractivity contribution in [2.45, 2.75) is 70.4 Å². The Morgan fingerprint density at radius 2 is 2.10 bits per heavy atom. The molecule has 4 heteroatoms. The van der Waals surface area contributed by atoms with Crippen LogP contribution in [0.5, 0.6) is 0 Å². The molecule has 0 radical (unpaired) electrons. The summed E-state index contributed by atoms with van der Waals surface area (Å²) in [6, 6.07) is 2.57. The van der Waals surface area contributed by atoms with E-state index in [9.17, 15) is 0 Å². The van der Waals surface area contributed by atoms with Crippen LogP contribution in [-0.4, -0.2) is 35.1 Å². The lowest BCUT2D eigenvalue weighted by molar-refractivity contribution is -0.0675. The summed E-state index contributed by atoms with van der Waals surface area (Å²) < 4.78 is 8.08. The van der Waals surface area contributed by atoms with Crippen molar-refractivity contribution in [2.24, 2.45) is 7.05 Å². The average molecular weight is 293 g/mol. The molecule has 0 saturated heterocycles. The van der Waals surface area contributed by atoms with E-state index in [2.05, 4.69) is 30.3 Å². The van der Waals surface area contributed by atoms with Gasteiger partial charge in [0, 0.05) is 32.3 Å². The fourth-order valence-corrected chi connectivity index (χ4v) is 3.67. The van der Waals surface area contributed by atoms with E-state index < -0.39 is 0 Å². The van der Waals surface area contributed by atoms with Gasteiger partial charge in [-0.2, -0.15) is 5.10 Å². The molecule has 0 aliphatic heterocycles. The molecule has 1 saturated carbocycles. The highest BCUT2D eigenvalue weighted by Gasteiger charge is 2.40. The Balaban J connectivity index is 2.18. The number of nitrogens with zero attached hydrogens (tertiary/aromatic N) is 2. The molecule has 0 aromatic carbocycles. The number of methoxy groups -OCH3 is 1. The lowest BCUT2D eigenvalue weighted by atomic mass is 9.77. The van der Waals surface area contributed by atoms with E-state index in [0.29, 0.717) is 6.04 Å². The van der Waals surface area contributed by atoms with Crippen molar-refractivity contribution in [3.63, 3.8) is 0 Å². The zero-order chi connectivity index (χ0) is 15.3. The van der Waals surface area contributed by atoms with Gasteiger partial charge in [0.1, 0.15) is 0 Å². The number of hydrogen-bond acceptors (Lipinski definition) is 3. The standard InChI is InChI=1S/C17H31N3O/c1-5-11-18-16(13-15-12-14(2)19-20(15)3)17(21-4)9-7-6-8-10-17/h12,16,18H,5-11,13H2,1-4H3. The number of hydrogen-bond donors (Lipinski definition) is 1. The minimum Gasteiger partial charge on any atom is -0.377 e. The normalized spacial score (nSPS) is 19.6. The predicted octanol–water partition coefficient (Wildman–Crippen LogP) is 2.99. The van der Waals surface area contributed by atoms with Crippen LogP contribution in [0.3, 0.4) is 0 Å². The number of nitrogens with one attached hydrogen (secondary N) is 1. The highest BCUT2D eigenvalue weighted by atomic mass is 16.5. The maximum absolute atomic E-state index is 6.06. The van der Waals surface area contributed by atoms with Gasteiger partial charge in [-0.15, -0.1) is 0 Å². The topological polar surface area (TPSA) is 39.1 Å². The maximum Gasteiger partial charge on any atom is 0.0834 e. The Labute approximate surface area is 129 Å². The molecule has 1 unspecified atom stereocenters. The first kappa shape index (κ1) is 16.5. The van der Waals surface area contributed by atoms with Crippen molar-refractivity contribution in [3.8, 4) is 0 Å². The summed E-state index contributed by atoms with van der Waals surface area (Å²) in [6.45, 7) is 5.33. The van der Waals surface area contributed by atoms with Gasteiger partial charge in [0.2, 0.25) is 0 Å². The molecule has 1 aromatic rings. The first-order valence-electron chi connectivity index (χ1n) is 8.39. The third kappa shape index (κ3) is 3.86. The third-order valence-corrected chi connectivity index (χ3v) is 4.89. The summed E-state index contributed by atoms with van der Waals surface area (Å²) in [5.74, 6) is 0. The van der Waals surface area contributed by atoms with Gasteiger partial charge in [0.05, 0.1) is 11.3 Å². The monoisotopic (exact) mass is 293 g/mol. The molecular formula is C17H31N3O. The Morgan fingerprint density at radius 3 is 2.62 bits per heavy atom. The van der Waals surface area contributed by atoms with Crippen LogP contribution >= 0.6 is 0 Å². The van der Waals surface area contributed by atoms with Crippen LogP contribution in [-0.2, 0) is 18.2 Å². The van der Waals surface area contributed by atoms with Gasteiger partial charge in [-0.1, -0.05) is 26.2 Å². The molecule has 1 heterocycles. The van der Waals surface area contributed by atoms with Crippen LogP contribution in [0.2, 0.25) is 0 Å². The first-order chi connectivity index (χ1) is 10.1. The van der Waals surface area contributed by atoms with Crippen LogP contribution in [0.15, 0.2) is 6.07 Å². The smallest absolute Gasteiger partial charge is 0.0834 e. The molecule has 1 aliphatic rings. The van der Waals surface area contributed by atoms with Gasteiger partial charge in [0.15, 0.2) is 0 Å². The van der Waals surface area contributed by atoms with Gasteiger partial charge in [-0.05, 0) is 38.8 Å². The van der Waals surface area contributed by atoms with Gasteiger partial charge in [0.25, 0.3) is 0 Å². The van der Waals surface area contributed by atoms with Gasteiger partial charge in [-0.3, -0.25) is 4.68 Å². The van der Waals surface area contributed by atoms with E-state index >= 15 is 0 Å². The van der Waals surface area contributed by atoms with Crippen molar-refractivity contribution >= 4 is 0 Å². The molecule has 21 heavy (non-hydrogen) atoms. The predicted molar refractivity (Wildman–Crippen MR) is 86.6 cm³/mol. The molecule has 4 nitrogen and oxygen atoms in total. The van der Waals surface area contributed by atoms with Crippen molar-refractivity contribution in [1.82, 2.24) is 15.1 Å². The molecule has 0 bridgehead atoms. The van der Waals surface area contributed by atoms with Crippen molar-refractivity contribution in [2.75, 3.05) is 13.7 Å². The summed E-state index contributed by atoms with van der Waals surface area (Å²) in [5.41, 5.74) is 2.38. The Hall–Kier alpha value is -0.870. The summed E-state index contributed by atoms with van der Waals surface area (Å²) >= 11 is 0. The molecule has 120 valence electrons. The second kappa shape index (κ2) is 7.41. The van der Waals surface area contributed by atoms with E-state index in [1.165, 1.54) is 37.8 Å². The fraction of sp³-hybridized carbons (Fsp3) is 0.824. The van der Waals surface area contributed by atoms with Crippen LogP contribution in [0.25, 0.3) is 0 Å². The van der Waals surface area contributed by atoms with Gasteiger partial charge >= 0.3 is 0 Å². The SMILES string of the molecule is CCCNC(Cc1cc(C)nn1C)C1(OC)CCCCC1. The lowest BCUT2D eigenvalue weighted by Crippen LogP contribution is -2.54. The van der Waals surface area contributed by atoms with E-state index in [4.69, 9.17) is 4.74 Å². The second-order valence-electron chi connectivity index (χ2n) is 6.44. The van der Waals surface area contributed by atoms with Crippen LogP contribution in [0, 0.1) is 6.92 Å². The third-order valence-electron chi connectivity index (χ3n) is 4.89. The molecular weight excluding hydrogens is 262 g/mol. The van der Waals surface area contributed by atoms with Crippen molar-refractivity contribution in [1.29, 1.82) is 0 Å². The minimum absolute atomic E-state index is 0.00834. The van der Waals surface area contributed by atoms with Crippen molar-refractivity contribution in [3.05, 3.63) is 17.5 Å². The highest BCUT2D eigenvalue weighted by Crippen LogP contribution is 2.35. The number of ether oxygens (including phenoxy) is 1. The molecule has 0 spiro atoms. The summed E-state index contributed by atoms with van der Waals surface area (Å²) in [7, 11) is 3.93. The maximum atomic E-state index is 6.06. The number of aryl methyl sites for hydroxylation is 2. The summed E-state index contributed by atoms with van der Waals surface area (Å²) in [5, 5.41) is 8.24. The Morgan fingerprint density at radius 1 is 1.38 bits per heavy atom. The van der Waals surface area contributed by atoms with E-state index in [1.807, 2.05) is 18.8 Å². The zero-order valence-electron chi connectivity index (χ0n) is 14.1. The van der Waals surface area contributed by atoms with E-state index in [0.717, 1.165) is 25.1 Å². The lowest BCUT2D eigenvalue weighted by Gasteiger charge is -2.43. The largest absolute Gasteiger partial charge is 0.377 e. The second-order valence-corrected chi connectivity index (χ2v) is 6.44. The number of rotatable bonds is 7. The molecule has 1 aromatic heterocycles. The quantitative estimate of drug-likeness (QED) is 0.840. The van der Waals surface area contributed by atoms with Crippen LogP contribution in [0.4, 0.5) is 0 Å². The molecule has 1 N–H and O–H groups in total. The van der Waals surface area contributed by atoms with Gasteiger partial charge < -0.3 is 10.1 Å². The first-order valence-corrected chi connectivity index (χ1v) is 8.39. The highest BCUT2D eigenvalue weighted by molar-refractivity contribution is 5.12. The summed E-state index contributed by atoms with van der Waals surface area (Å²) in [4.78, 5) is 0. The van der Waals surface area contributed by atoms with E-state index in [1.54, 1.807) is 0 Å². The molecule has 1 aliphatic carbocycles.